The molecule has 0 spiro atoms. The zero-order valence-electron chi connectivity index (χ0n) is 15.3. The summed E-state index contributed by atoms with van der Waals surface area (Å²) in [4.78, 5) is 4.31. The molecule has 0 unspecified atom stereocenters. The number of hydrogen-bond acceptors (Lipinski definition) is 5. The van der Waals surface area contributed by atoms with Gasteiger partial charge < -0.3 is 10.1 Å². The van der Waals surface area contributed by atoms with Crippen LogP contribution in [0.1, 0.15) is 11.3 Å². The van der Waals surface area contributed by atoms with Crippen molar-refractivity contribution in [3.05, 3.63) is 71.0 Å². The molecule has 0 amide bonds. The first-order chi connectivity index (χ1) is 13.6. The molecule has 3 aromatic heterocycles. The summed E-state index contributed by atoms with van der Waals surface area (Å²) < 4.78 is 21.3. The van der Waals surface area contributed by atoms with Crippen molar-refractivity contribution in [2.45, 2.75) is 13.5 Å². The Morgan fingerprint density at radius 3 is 2.75 bits per heavy atom. The lowest BCUT2D eigenvalue weighted by Crippen LogP contribution is -2.07. The maximum absolute atomic E-state index is 14.2. The van der Waals surface area contributed by atoms with Crippen LogP contribution in [0.15, 0.2) is 48.8 Å². The van der Waals surface area contributed by atoms with Crippen LogP contribution in [0.3, 0.4) is 0 Å². The number of benzene rings is 1. The lowest BCUT2D eigenvalue weighted by Gasteiger charge is -2.14. The topological polar surface area (TPSA) is 64.3 Å². The molecule has 0 fully saturated rings. The molecule has 4 rings (SSSR count). The van der Waals surface area contributed by atoms with Crippen LogP contribution < -0.4 is 10.1 Å². The summed E-state index contributed by atoms with van der Waals surface area (Å²) in [5, 5.41) is 11.9. The van der Waals surface area contributed by atoms with Crippen molar-refractivity contribution in [3.8, 4) is 16.9 Å². The minimum atomic E-state index is -0.327. The van der Waals surface area contributed by atoms with E-state index in [2.05, 4.69) is 20.5 Å². The third-order valence-electron chi connectivity index (χ3n) is 4.54. The average molecular weight is 398 g/mol. The standard InChI is InChI=1S/C20H17ClFN5O/c1-12-13(6-8-18(21)25-12)14-7-9-19(27-11-24-26-20(14)27)23-10-15-16(22)4-3-5-17(15)28-2/h3-9,11,23H,10H2,1-2H3. The number of anilines is 1. The summed E-state index contributed by atoms with van der Waals surface area (Å²) in [6.07, 6.45) is 1.61. The molecule has 0 bridgehead atoms. The van der Waals surface area contributed by atoms with Gasteiger partial charge in [-0.25, -0.2) is 9.37 Å². The van der Waals surface area contributed by atoms with Crippen LogP contribution in [0.2, 0.25) is 5.15 Å². The van der Waals surface area contributed by atoms with Crippen LogP contribution in [-0.4, -0.2) is 26.7 Å². The van der Waals surface area contributed by atoms with Crippen LogP contribution in [-0.2, 0) is 6.54 Å². The third-order valence-corrected chi connectivity index (χ3v) is 4.75. The van der Waals surface area contributed by atoms with E-state index in [1.165, 1.54) is 13.2 Å². The number of nitrogens with zero attached hydrogens (tertiary/aromatic N) is 4. The molecular formula is C20H17ClFN5O. The quantitative estimate of drug-likeness (QED) is 0.502. The van der Waals surface area contributed by atoms with Gasteiger partial charge in [0.25, 0.3) is 0 Å². The molecule has 0 radical (unpaired) electrons. The maximum Gasteiger partial charge on any atom is 0.170 e. The van der Waals surface area contributed by atoms with Gasteiger partial charge in [0.2, 0.25) is 0 Å². The first-order valence-electron chi connectivity index (χ1n) is 8.60. The van der Waals surface area contributed by atoms with Gasteiger partial charge in [-0.15, -0.1) is 10.2 Å². The minimum Gasteiger partial charge on any atom is -0.496 e. The van der Waals surface area contributed by atoms with E-state index in [1.807, 2.05) is 29.5 Å². The number of methoxy groups -OCH3 is 1. The molecule has 0 aliphatic carbocycles. The molecule has 142 valence electrons. The molecule has 8 heteroatoms. The van der Waals surface area contributed by atoms with E-state index >= 15 is 0 Å². The van der Waals surface area contributed by atoms with Crippen molar-refractivity contribution in [2.24, 2.45) is 0 Å². The first kappa shape index (κ1) is 18.2. The van der Waals surface area contributed by atoms with Crippen molar-refractivity contribution >= 4 is 23.1 Å². The van der Waals surface area contributed by atoms with Gasteiger partial charge in [-0.05, 0) is 43.3 Å². The van der Waals surface area contributed by atoms with Crippen LogP contribution in [0.5, 0.6) is 5.75 Å². The predicted octanol–water partition coefficient (Wildman–Crippen LogP) is 4.51. The first-order valence-corrected chi connectivity index (χ1v) is 8.98. The highest BCUT2D eigenvalue weighted by atomic mass is 35.5. The number of fused-ring (bicyclic) bond motifs is 1. The second-order valence-electron chi connectivity index (χ2n) is 6.20. The van der Waals surface area contributed by atoms with Gasteiger partial charge in [0.05, 0.1) is 7.11 Å². The molecule has 0 saturated heterocycles. The number of hydrogen-bond donors (Lipinski definition) is 1. The summed E-state index contributed by atoms with van der Waals surface area (Å²) in [7, 11) is 1.52. The summed E-state index contributed by atoms with van der Waals surface area (Å²) in [5.74, 6) is 0.895. The lowest BCUT2D eigenvalue weighted by atomic mass is 10.1. The van der Waals surface area contributed by atoms with E-state index in [9.17, 15) is 4.39 Å². The average Bonchev–Trinajstić information content (AvgIpc) is 3.17. The highest BCUT2D eigenvalue weighted by Crippen LogP contribution is 2.29. The molecule has 0 atom stereocenters. The van der Waals surface area contributed by atoms with E-state index in [0.29, 0.717) is 22.1 Å². The summed E-state index contributed by atoms with van der Waals surface area (Å²) in [5.41, 5.74) is 3.72. The third kappa shape index (κ3) is 3.25. The normalized spacial score (nSPS) is 11.0. The smallest absolute Gasteiger partial charge is 0.170 e. The Balaban J connectivity index is 1.70. The molecule has 0 aliphatic heterocycles. The molecule has 0 saturated carbocycles. The fourth-order valence-corrected chi connectivity index (χ4v) is 3.35. The number of pyridine rings is 2. The highest BCUT2D eigenvalue weighted by Gasteiger charge is 2.14. The van der Waals surface area contributed by atoms with E-state index in [-0.39, 0.29) is 12.4 Å². The van der Waals surface area contributed by atoms with Gasteiger partial charge in [-0.3, -0.25) is 4.40 Å². The Kier molecular flexibility index (Phi) is 4.83. The lowest BCUT2D eigenvalue weighted by molar-refractivity contribution is 0.405. The number of aromatic nitrogens is 4. The Bertz CT molecular complexity index is 1160. The number of nitrogens with one attached hydrogen (secondary N) is 1. The molecule has 1 aromatic carbocycles. The number of rotatable bonds is 5. The van der Waals surface area contributed by atoms with Crippen molar-refractivity contribution in [2.75, 3.05) is 12.4 Å². The number of ether oxygens (including phenoxy) is 1. The zero-order valence-corrected chi connectivity index (χ0v) is 16.0. The van der Waals surface area contributed by atoms with Gasteiger partial charge >= 0.3 is 0 Å². The Hall–Kier alpha value is -3.19. The van der Waals surface area contributed by atoms with E-state index < -0.39 is 0 Å². The Morgan fingerprint density at radius 1 is 1.14 bits per heavy atom. The molecule has 4 aromatic rings. The molecule has 1 N–H and O–H groups in total. The van der Waals surface area contributed by atoms with Crippen LogP contribution in [0, 0.1) is 12.7 Å². The summed E-state index contributed by atoms with van der Waals surface area (Å²) >= 11 is 5.97. The molecule has 28 heavy (non-hydrogen) atoms. The molecular weight excluding hydrogens is 381 g/mol. The van der Waals surface area contributed by atoms with Gasteiger partial charge in [0.15, 0.2) is 5.65 Å². The van der Waals surface area contributed by atoms with E-state index in [1.54, 1.807) is 24.5 Å². The second-order valence-corrected chi connectivity index (χ2v) is 6.59. The second kappa shape index (κ2) is 7.44. The fourth-order valence-electron chi connectivity index (χ4n) is 3.16. The number of halogens is 2. The fraction of sp³-hybridized carbons (Fsp3) is 0.150. The van der Waals surface area contributed by atoms with Crippen molar-refractivity contribution in [1.29, 1.82) is 0 Å². The summed E-state index contributed by atoms with van der Waals surface area (Å²) in [6.45, 7) is 2.15. The van der Waals surface area contributed by atoms with Crippen LogP contribution in [0.4, 0.5) is 10.2 Å². The largest absolute Gasteiger partial charge is 0.496 e. The Morgan fingerprint density at radius 2 is 1.96 bits per heavy atom. The predicted molar refractivity (Wildman–Crippen MR) is 106 cm³/mol. The zero-order chi connectivity index (χ0) is 19.7. The molecule has 0 aliphatic rings. The van der Waals surface area contributed by atoms with Crippen molar-refractivity contribution in [1.82, 2.24) is 19.6 Å². The maximum atomic E-state index is 14.2. The van der Waals surface area contributed by atoms with E-state index in [0.717, 1.165) is 22.6 Å². The molecule has 3 heterocycles. The van der Waals surface area contributed by atoms with Crippen LogP contribution >= 0.6 is 11.6 Å². The van der Waals surface area contributed by atoms with Gasteiger partial charge in [0.1, 0.15) is 28.9 Å². The van der Waals surface area contributed by atoms with Crippen molar-refractivity contribution < 1.29 is 9.13 Å². The van der Waals surface area contributed by atoms with Gasteiger partial charge in [-0.2, -0.15) is 0 Å². The molecule has 6 nitrogen and oxygen atoms in total. The minimum absolute atomic E-state index is 0.254. The van der Waals surface area contributed by atoms with Gasteiger partial charge in [0, 0.05) is 28.9 Å². The van der Waals surface area contributed by atoms with E-state index in [4.69, 9.17) is 16.3 Å². The van der Waals surface area contributed by atoms with Crippen molar-refractivity contribution in [3.63, 3.8) is 0 Å². The van der Waals surface area contributed by atoms with Crippen LogP contribution in [0.25, 0.3) is 16.8 Å². The SMILES string of the molecule is COc1cccc(F)c1CNc1ccc(-c2ccc(Cl)nc2C)c2nncn12. The van der Waals surface area contributed by atoms with Gasteiger partial charge in [-0.1, -0.05) is 17.7 Å². The highest BCUT2D eigenvalue weighted by molar-refractivity contribution is 6.29. The Labute approximate surface area is 166 Å². The summed E-state index contributed by atoms with van der Waals surface area (Å²) in [6, 6.07) is 12.2. The monoisotopic (exact) mass is 397 g/mol. The number of aryl methyl sites for hydroxylation is 1.